The maximum atomic E-state index is 13.4. The van der Waals surface area contributed by atoms with Gasteiger partial charge in [-0.25, -0.2) is 4.98 Å². The number of likely N-dealkylation sites (N-methyl/N-ethyl adjacent to an activating group) is 1. The van der Waals surface area contributed by atoms with Gasteiger partial charge in [0.25, 0.3) is 0 Å². The van der Waals surface area contributed by atoms with Crippen LogP contribution in [0.3, 0.4) is 0 Å². The van der Waals surface area contributed by atoms with Gasteiger partial charge in [0, 0.05) is 40.2 Å². The molecule has 0 bridgehead atoms. The number of carbonyl (C=O) groups excluding carboxylic acids is 1. The van der Waals surface area contributed by atoms with Crippen molar-refractivity contribution in [3.8, 4) is 5.88 Å². The van der Waals surface area contributed by atoms with Crippen LogP contribution in [0.5, 0.6) is 5.88 Å². The van der Waals surface area contributed by atoms with Crippen LogP contribution in [0.2, 0.25) is 0 Å². The molecular weight excluding hydrogens is 374 g/mol. The summed E-state index contributed by atoms with van der Waals surface area (Å²) < 4.78 is 5.93. The normalized spacial score (nSPS) is 14.6. The molecule has 0 saturated carbocycles. The van der Waals surface area contributed by atoms with E-state index in [0.29, 0.717) is 18.1 Å². The standard InChI is InChI=1S/C25H29N3O2/c1-6-16-9-10-17-19(15-16)26-24-21(17)22(29)18-11-12-20(27-23(18)25(24,4)5)30-14-13-28(7-2)8-3/h6,9-12,15,26H,1,7-8,13-14H2,2-5H3. The third-order valence-electron chi connectivity index (χ3n) is 6.17. The van der Waals surface area contributed by atoms with E-state index in [1.165, 1.54) is 0 Å². The summed E-state index contributed by atoms with van der Waals surface area (Å²) in [5, 5.41) is 0.943. The van der Waals surface area contributed by atoms with E-state index in [4.69, 9.17) is 9.72 Å². The molecule has 1 N–H and O–H groups in total. The van der Waals surface area contributed by atoms with Crippen LogP contribution < -0.4 is 4.74 Å². The number of nitrogens with one attached hydrogen (secondary N) is 1. The molecule has 1 aliphatic rings. The molecule has 2 aromatic heterocycles. The number of benzene rings is 1. The Kier molecular flexibility index (Phi) is 5.24. The number of rotatable bonds is 7. The van der Waals surface area contributed by atoms with Crippen molar-refractivity contribution in [3.05, 3.63) is 65.0 Å². The fourth-order valence-electron chi connectivity index (χ4n) is 4.30. The van der Waals surface area contributed by atoms with Crippen LogP contribution in [0.4, 0.5) is 0 Å². The Labute approximate surface area is 177 Å². The van der Waals surface area contributed by atoms with Gasteiger partial charge >= 0.3 is 0 Å². The minimum Gasteiger partial charge on any atom is -0.476 e. The van der Waals surface area contributed by atoms with Gasteiger partial charge in [-0.2, -0.15) is 0 Å². The molecule has 0 saturated heterocycles. The monoisotopic (exact) mass is 403 g/mol. The molecule has 3 aromatic rings. The van der Waals surface area contributed by atoms with E-state index < -0.39 is 5.41 Å². The van der Waals surface area contributed by atoms with E-state index in [1.54, 1.807) is 0 Å². The van der Waals surface area contributed by atoms with Crippen molar-refractivity contribution in [2.24, 2.45) is 0 Å². The fraction of sp³-hybridized carbons (Fsp3) is 0.360. The van der Waals surface area contributed by atoms with E-state index in [0.717, 1.165) is 53.1 Å². The lowest BCUT2D eigenvalue weighted by molar-refractivity contribution is 0.103. The van der Waals surface area contributed by atoms with Gasteiger partial charge in [-0.15, -0.1) is 0 Å². The van der Waals surface area contributed by atoms with Gasteiger partial charge in [-0.05, 0) is 44.6 Å². The molecule has 0 amide bonds. The lowest BCUT2D eigenvalue weighted by atomic mass is 9.74. The highest BCUT2D eigenvalue weighted by Crippen LogP contribution is 2.43. The van der Waals surface area contributed by atoms with Crippen molar-refractivity contribution in [1.82, 2.24) is 14.9 Å². The highest BCUT2D eigenvalue weighted by atomic mass is 16.5. The van der Waals surface area contributed by atoms with E-state index in [9.17, 15) is 4.79 Å². The largest absolute Gasteiger partial charge is 0.476 e. The van der Waals surface area contributed by atoms with Crippen molar-refractivity contribution in [2.75, 3.05) is 26.2 Å². The van der Waals surface area contributed by atoms with Crippen LogP contribution in [-0.4, -0.2) is 46.9 Å². The van der Waals surface area contributed by atoms with Gasteiger partial charge in [0.1, 0.15) is 6.61 Å². The van der Waals surface area contributed by atoms with Gasteiger partial charge in [0.15, 0.2) is 5.78 Å². The summed E-state index contributed by atoms with van der Waals surface area (Å²) in [6, 6.07) is 9.69. The van der Waals surface area contributed by atoms with Crippen molar-refractivity contribution >= 4 is 22.8 Å². The molecule has 0 aliphatic heterocycles. The molecule has 4 rings (SSSR count). The predicted molar refractivity (Wildman–Crippen MR) is 121 cm³/mol. The van der Waals surface area contributed by atoms with Crippen molar-refractivity contribution in [3.63, 3.8) is 0 Å². The molecular formula is C25H29N3O2. The first kappa shape index (κ1) is 20.4. The molecule has 156 valence electrons. The van der Waals surface area contributed by atoms with Crippen LogP contribution in [0.15, 0.2) is 36.9 Å². The average Bonchev–Trinajstić information content (AvgIpc) is 3.15. The van der Waals surface area contributed by atoms with E-state index in [1.807, 2.05) is 36.4 Å². The minimum absolute atomic E-state index is 0.0131. The number of carbonyl (C=O) groups is 1. The number of H-pyrrole nitrogens is 1. The van der Waals surface area contributed by atoms with E-state index >= 15 is 0 Å². The van der Waals surface area contributed by atoms with Gasteiger partial charge in [-0.3, -0.25) is 4.79 Å². The first-order valence-electron chi connectivity index (χ1n) is 10.6. The lowest BCUT2D eigenvalue weighted by Crippen LogP contribution is -2.32. The van der Waals surface area contributed by atoms with E-state index in [-0.39, 0.29) is 5.78 Å². The number of ketones is 1. The molecule has 5 heteroatoms. The third kappa shape index (κ3) is 3.23. The zero-order chi connectivity index (χ0) is 21.5. The zero-order valence-corrected chi connectivity index (χ0v) is 18.2. The molecule has 2 heterocycles. The van der Waals surface area contributed by atoms with Crippen molar-refractivity contribution in [1.29, 1.82) is 0 Å². The summed E-state index contributed by atoms with van der Waals surface area (Å²) in [4.78, 5) is 24.0. The smallest absolute Gasteiger partial charge is 0.213 e. The Bertz CT molecular complexity index is 1120. The number of pyridine rings is 1. The molecule has 0 unspecified atom stereocenters. The molecule has 5 nitrogen and oxygen atoms in total. The van der Waals surface area contributed by atoms with Crippen molar-refractivity contribution < 1.29 is 9.53 Å². The van der Waals surface area contributed by atoms with Crippen LogP contribution in [-0.2, 0) is 5.41 Å². The van der Waals surface area contributed by atoms with Gasteiger partial charge in [0.2, 0.25) is 5.88 Å². The maximum absolute atomic E-state index is 13.4. The SMILES string of the molecule is C=Cc1ccc2c3c([nH]c2c1)C(C)(C)c1nc(OCCN(CC)CC)ccc1C3=O. The molecule has 0 spiro atoms. The van der Waals surface area contributed by atoms with Crippen molar-refractivity contribution in [2.45, 2.75) is 33.1 Å². The van der Waals surface area contributed by atoms with E-state index in [2.05, 4.69) is 44.2 Å². The Balaban J connectivity index is 1.71. The highest BCUT2D eigenvalue weighted by Gasteiger charge is 2.41. The topological polar surface area (TPSA) is 58.2 Å². The number of fused-ring (bicyclic) bond motifs is 4. The number of ether oxygens (including phenoxy) is 1. The second-order valence-electron chi connectivity index (χ2n) is 8.26. The number of hydrogen-bond acceptors (Lipinski definition) is 4. The summed E-state index contributed by atoms with van der Waals surface area (Å²) >= 11 is 0. The molecule has 30 heavy (non-hydrogen) atoms. The number of aromatic nitrogens is 2. The van der Waals surface area contributed by atoms with Gasteiger partial charge < -0.3 is 14.6 Å². The molecule has 1 aromatic carbocycles. The fourth-order valence-corrected chi connectivity index (χ4v) is 4.30. The van der Waals surface area contributed by atoms with Crippen LogP contribution in [0.25, 0.3) is 17.0 Å². The van der Waals surface area contributed by atoms with Crippen LogP contribution in [0, 0.1) is 0 Å². The Hall–Kier alpha value is -2.92. The first-order chi connectivity index (χ1) is 14.4. The van der Waals surface area contributed by atoms with Gasteiger partial charge in [0.05, 0.1) is 11.3 Å². The minimum atomic E-state index is -0.440. The summed E-state index contributed by atoms with van der Waals surface area (Å²) in [6.07, 6.45) is 1.81. The van der Waals surface area contributed by atoms with Gasteiger partial charge in [-0.1, -0.05) is 38.6 Å². The van der Waals surface area contributed by atoms with Crippen LogP contribution in [0.1, 0.15) is 60.6 Å². The zero-order valence-electron chi connectivity index (χ0n) is 18.2. The molecule has 0 fully saturated rings. The number of hydrogen-bond donors (Lipinski definition) is 1. The maximum Gasteiger partial charge on any atom is 0.213 e. The summed E-state index contributed by atoms with van der Waals surface area (Å²) in [6.45, 7) is 15.8. The summed E-state index contributed by atoms with van der Waals surface area (Å²) in [5.41, 5.74) is 4.59. The predicted octanol–water partition coefficient (Wildman–Crippen LogP) is 4.80. The Morgan fingerprint density at radius 3 is 2.67 bits per heavy atom. The second-order valence-corrected chi connectivity index (χ2v) is 8.26. The summed E-state index contributed by atoms with van der Waals surface area (Å²) in [7, 11) is 0. The average molecular weight is 404 g/mol. The van der Waals surface area contributed by atoms with Crippen LogP contribution >= 0.6 is 0 Å². The Morgan fingerprint density at radius 2 is 1.97 bits per heavy atom. The quantitative estimate of drug-likeness (QED) is 0.616. The third-order valence-corrected chi connectivity index (χ3v) is 6.17. The number of aromatic amines is 1. The number of nitrogens with zero attached hydrogens (tertiary/aromatic N) is 2. The summed E-state index contributed by atoms with van der Waals surface area (Å²) in [5.74, 6) is 0.578. The first-order valence-corrected chi connectivity index (χ1v) is 10.6. The molecule has 0 atom stereocenters. The second kappa shape index (κ2) is 7.73. The molecule has 0 radical (unpaired) electrons. The highest BCUT2D eigenvalue weighted by molar-refractivity contribution is 6.19. The molecule has 1 aliphatic carbocycles. The lowest BCUT2D eigenvalue weighted by Gasteiger charge is -2.31. The Morgan fingerprint density at radius 1 is 1.20 bits per heavy atom.